The van der Waals surface area contributed by atoms with Crippen LogP contribution in [0.15, 0.2) is 15.5 Å². The Morgan fingerprint density at radius 1 is 1.52 bits per heavy atom. The van der Waals surface area contributed by atoms with Crippen molar-refractivity contribution in [3.63, 3.8) is 0 Å². The van der Waals surface area contributed by atoms with Crippen molar-refractivity contribution in [1.29, 1.82) is 0 Å². The zero-order valence-electron chi connectivity index (χ0n) is 13.1. The lowest BCUT2D eigenvalue weighted by molar-refractivity contribution is 0.266. The summed E-state index contributed by atoms with van der Waals surface area (Å²) in [4.78, 5) is 14.6. The van der Waals surface area contributed by atoms with Crippen LogP contribution in [0.5, 0.6) is 0 Å². The zero-order chi connectivity index (χ0) is 15.4. The van der Waals surface area contributed by atoms with Gasteiger partial charge in [-0.3, -0.25) is 4.79 Å². The quantitative estimate of drug-likeness (QED) is 0.850. The van der Waals surface area contributed by atoms with Gasteiger partial charge in [-0.2, -0.15) is 5.10 Å². The molecule has 1 N–H and O–H groups in total. The average Bonchev–Trinajstić information content (AvgIpc) is 2.92. The lowest BCUT2D eigenvalue weighted by atomic mass is 10.1. The molecule has 2 heterocycles. The van der Waals surface area contributed by atoms with E-state index in [1.54, 1.807) is 6.20 Å². The smallest absolute Gasteiger partial charge is 0.283 e. The summed E-state index contributed by atoms with van der Waals surface area (Å²) in [5.74, 6) is 0.636. The van der Waals surface area contributed by atoms with Crippen molar-refractivity contribution < 1.29 is 0 Å². The second-order valence-electron chi connectivity index (χ2n) is 6.02. The number of aromatic nitrogens is 2. The van der Waals surface area contributed by atoms with Crippen molar-refractivity contribution >= 4 is 21.6 Å². The molecule has 1 aromatic heterocycles. The molecule has 0 aliphatic carbocycles. The molecular weight excluding hydrogens is 332 g/mol. The summed E-state index contributed by atoms with van der Waals surface area (Å²) in [6.07, 6.45) is 3.86. The molecule has 1 saturated heterocycles. The predicted octanol–water partition coefficient (Wildman–Crippen LogP) is 2.56. The Balaban J connectivity index is 1.95. The standard InChI is InChI=1S/C15H25BrN4O/c1-4-6-20-15(21)14(16)13(9-18-20)17-8-12-5-7-19(10-12)11(2)3/h9,11-12,17H,4-8,10H2,1-3H3. The van der Waals surface area contributed by atoms with E-state index in [4.69, 9.17) is 0 Å². The lowest BCUT2D eigenvalue weighted by Gasteiger charge is -2.20. The highest BCUT2D eigenvalue weighted by Crippen LogP contribution is 2.21. The van der Waals surface area contributed by atoms with E-state index in [2.05, 4.69) is 45.1 Å². The molecule has 0 spiro atoms. The molecule has 1 atom stereocenters. The summed E-state index contributed by atoms with van der Waals surface area (Å²) in [5.41, 5.74) is 0.743. The van der Waals surface area contributed by atoms with Gasteiger partial charge in [0.2, 0.25) is 0 Å². The van der Waals surface area contributed by atoms with Crippen molar-refractivity contribution in [3.8, 4) is 0 Å². The molecular formula is C15H25BrN4O. The number of likely N-dealkylation sites (tertiary alicyclic amines) is 1. The van der Waals surface area contributed by atoms with E-state index in [0.717, 1.165) is 25.2 Å². The minimum absolute atomic E-state index is 0.0583. The highest BCUT2D eigenvalue weighted by Gasteiger charge is 2.24. The van der Waals surface area contributed by atoms with Crippen molar-refractivity contribution in [2.75, 3.05) is 25.0 Å². The van der Waals surface area contributed by atoms with E-state index in [0.29, 0.717) is 23.0 Å². The summed E-state index contributed by atoms with van der Waals surface area (Å²) in [6.45, 7) is 10.4. The molecule has 1 fully saturated rings. The fourth-order valence-electron chi connectivity index (χ4n) is 2.71. The Morgan fingerprint density at radius 2 is 2.29 bits per heavy atom. The minimum Gasteiger partial charge on any atom is -0.382 e. The van der Waals surface area contributed by atoms with Crippen LogP contribution in [0.2, 0.25) is 0 Å². The van der Waals surface area contributed by atoms with E-state index in [1.165, 1.54) is 17.6 Å². The summed E-state index contributed by atoms with van der Waals surface area (Å²) in [6, 6.07) is 0.612. The Morgan fingerprint density at radius 3 is 2.90 bits per heavy atom. The number of rotatable bonds is 6. The molecule has 1 aromatic rings. The van der Waals surface area contributed by atoms with Crippen molar-refractivity contribution in [2.24, 2.45) is 5.92 Å². The fraction of sp³-hybridized carbons (Fsp3) is 0.733. The van der Waals surface area contributed by atoms with Gasteiger partial charge in [0, 0.05) is 25.7 Å². The van der Waals surface area contributed by atoms with Crippen LogP contribution < -0.4 is 10.9 Å². The van der Waals surface area contributed by atoms with Crippen LogP contribution in [0, 0.1) is 5.92 Å². The molecule has 6 heteroatoms. The Hall–Kier alpha value is -0.880. The SMILES string of the molecule is CCCn1ncc(NCC2CCN(C(C)C)C2)c(Br)c1=O. The van der Waals surface area contributed by atoms with Crippen molar-refractivity contribution in [2.45, 2.75) is 46.2 Å². The number of nitrogens with one attached hydrogen (secondary N) is 1. The van der Waals surface area contributed by atoms with Gasteiger partial charge < -0.3 is 10.2 Å². The van der Waals surface area contributed by atoms with Crippen LogP contribution in [0.25, 0.3) is 0 Å². The molecule has 1 aliphatic heterocycles. The second kappa shape index (κ2) is 7.40. The van der Waals surface area contributed by atoms with Gasteiger partial charge in [0.15, 0.2) is 0 Å². The Labute approximate surface area is 134 Å². The number of hydrogen-bond donors (Lipinski definition) is 1. The van der Waals surface area contributed by atoms with Crippen molar-refractivity contribution in [3.05, 3.63) is 21.0 Å². The molecule has 21 heavy (non-hydrogen) atoms. The molecule has 0 aromatic carbocycles. The van der Waals surface area contributed by atoms with Crippen LogP contribution in [-0.4, -0.2) is 40.4 Å². The average molecular weight is 357 g/mol. The van der Waals surface area contributed by atoms with Crippen molar-refractivity contribution in [1.82, 2.24) is 14.7 Å². The van der Waals surface area contributed by atoms with Gasteiger partial charge in [-0.05, 0) is 55.1 Å². The van der Waals surface area contributed by atoms with Crippen LogP contribution in [0.1, 0.15) is 33.6 Å². The molecule has 0 bridgehead atoms. The van der Waals surface area contributed by atoms with E-state index >= 15 is 0 Å². The summed E-state index contributed by atoms with van der Waals surface area (Å²) in [7, 11) is 0. The third-order valence-electron chi connectivity index (χ3n) is 4.05. The van der Waals surface area contributed by atoms with Gasteiger partial charge in [-0.15, -0.1) is 0 Å². The minimum atomic E-state index is -0.0583. The fourth-order valence-corrected chi connectivity index (χ4v) is 3.16. The number of aryl methyl sites for hydroxylation is 1. The Bertz CT molecular complexity index is 529. The van der Waals surface area contributed by atoms with Gasteiger partial charge in [-0.25, -0.2) is 4.68 Å². The van der Waals surface area contributed by atoms with Crippen LogP contribution in [0.3, 0.4) is 0 Å². The third-order valence-corrected chi connectivity index (χ3v) is 4.82. The monoisotopic (exact) mass is 356 g/mol. The van der Waals surface area contributed by atoms with Crippen LogP contribution >= 0.6 is 15.9 Å². The topological polar surface area (TPSA) is 50.2 Å². The maximum Gasteiger partial charge on any atom is 0.283 e. The van der Waals surface area contributed by atoms with Gasteiger partial charge in [0.25, 0.3) is 5.56 Å². The first-order valence-electron chi connectivity index (χ1n) is 7.76. The number of hydrogen-bond acceptors (Lipinski definition) is 4. The predicted molar refractivity (Wildman–Crippen MR) is 89.8 cm³/mol. The molecule has 1 aliphatic rings. The molecule has 1 unspecified atom stereocenters. The van der Waals surface area contributed by atoms with Gasteiger partial charge in [-0.1, -0.05) is 6.92 Å². The first-order chi connectivity index (χ1) is 10.0. The number of anilines is 1. The molecule has 5 nitrogen and oxygen atoms in total. The van der Waals surface area contributed by atoms with E-state index < -0.39 is 0 Å². The van der Waals surface area contributed by atoms with Gasteiger partial charge in [0.1, 0.15) is 4.47 Å². The van der Waals surface area contributed by atoms with Gasteiger partial charge in [0.05, 0.1) is 11.9 Å². The summed E-state index contributed by atoms with van der Waals surface area (Å²) >= 11 is 3.40. The van der Waals surface area contributed by atoms with E-state index in [-0.39, 0.29) is 5.56 Å². The van der Waals surface area contributed by atoms with Crippen LogP contribution in [-0.2, 0) is 6.54 Å². The summed E-state index contributed by atoms with van der Waals surface area (Å²) in [5, 5.41) is 7.59. The van der Waals surface area contributed by atoms with Crippen LogP contribution in [0.4, 0.5) is 5.69 Å². The molecule has 0 amide bonds. The van der Waals surface area contributed by atoms with Gasteiger partial charge >= 0.3 is 0 Å². The maximum absolute atomic E-state index is 12.1. The molecule has 118 valence electrons. The number of nitrogens with zero attached hydrogens (tertiary/aromatic N) is 3. The maximum atomic E-state index is 12.1. The van der Waals surface area contributed by atoms with E-state index in [9.17, 15) is 4.79 Å². The normalized spacial score (nSPS) is 19.4. The first kappa shape index (κ1) is 16.5. The lowest BCUT2D eigenvalue weighted by Crippen LogP contribution is -2.29. The van der Waals surface area contributed by atoms with E-state index in [1.807, 2.05) is 6.92 Å². The number of halogens is 1. The molecule has 0 radical (unpaired) electrons. The largest absolute Gasteiger partial charge is 0.382 e. The molecule has 2 rings (SSSR count). The highest BCUT2D eigenvalue weighted by atomic mass is 79.9. The summed E-state index contributed by atoms with van der Waals surface area (Å²) < 4.78 is 2.09. The second-order valence-corrected chi connectivity index (χ2v) is 6.82. The molecule has 0 saturated carbocycles. The zero-order valence-corrected chi connectivity index (χ0v) is 14.7. The Kier molecular flexibility index (Phi) is 5.81. The third kappa shape index (κ3) is 4.07. The first-order valence-corrected chi connectivity index (χ1v) is 8.55. The highest BCUT2D eigenvalue weighted by molar-refractivity contribution is 9.10.